The van der Waals surface area contributed by atoms with Gasteiger partial charge in [-0.25, -0.2) is 14.4 Å². The molecule has 4 rings (SSSR count). The molecule has 1 saturated heterocycles. The fourth-order valence-electron chi connectivity index (χ4n) is 3.36. The molecule has 0 radical (unpaired) electrons. The van der Waals surface area contributed by atoms with E-state index in [1.807, 2.05) is 23.1 Å². The van der Waals surface area contributed by atoms with Crippen LogP contribution in [-0.4, -0.2) is 59.9 Å². The molecule has 0 aliphatic carbocycles. The molecule has 1 aromatic heterocycles. The first-order chi connectivity index (χ1) is 14.1. The van der Waals surface area contributed by atoms with Gasteiger partial charge in [-0.2, -0.15) is 0 Å². The Morgan fingerprint density at radius 2 is 1.79 bits per heavy atom. The Labute approximate surface area is 167 Å². The van der Waals surface area contributed by atoms with E-state index in [0.29, 0.717) is 19.0 Å². The summed E-state index contributed by atoms with van der Waals surface area (Å²) in [5.74, 6) is -0.0270. The summed E-state index contributed by atoms with van der Waals surface area (Å²) in [5, 5.41) is 5.27. The number of para-hydroxylation sites is 1. The number of piperazine rings is 1. The molecule has 1 fully saturated rings. The Kier molecular flexibility index (Phi) is 5.37. The lowest BCUT2D eigenvalue weighted by atomic mass is 10.1. The zero-order chi connectivity index (χ0) is 20.2. The number of carbonyl (C=O) groups excluding carboxylic acids is 2. The van der Waals surface area contributed by atoms with Gasteiger partial charge in [0, 0.05) is 32.4 Å². The molecule has 0 bridgehead atoms. The molecule has 1 aromatic carbocycles. The van der Waals surface area contributed by atoms with Crippen LogP contribution in [-0.2, 0) is 9.59 Å². The maximum absolute atomic E-state index is 13.8. The summed E-state index contributed by atoms with van der Waals surface area (Å²) in [6.07, 6.45) is 1.68. The minimum absolute atomic E-state index is 0.0717. The van der Waals surface area contributed by atoms with Gasteiger partial charge in [-0.15, -0.1) is 0 Å². The molecule has 8 nitrogen and oxygen atoms in total. The third-order valence-corrected chi connectivity index (χ3v) is 4.89. The van der Waals surface area contributed by atoms with Crippen molar-refractivity contribution in [3.8, 4) is 0 Å². The summed E-state index contributed by atoms with van der Waals surface area (Å²) in [4.78, 5) is 37.6. The van der Waals surface area contributed by atoms with E-state index in [1.54, 1.807) is 18.3 Å². The number of aromatic nitrogens is 1. The molecule has 2 aromatic rings. The highest BCUT2D eigenvalue weighted by Gasteiger charge is 2.31. The van der Waals surface area contributed by atoms with Crippen molar-refractivity contribution >= 4 is 29.3 Å². The maximum atomic E-state index is 13.8. The molecular weight excluding hydrogens is 375 g/mol. The van der Waals surface area contributed by atoms with E-state index in [9.17, 15) is 14.0 Å². The number of guanidine groups is 1. The number of amides is 2. The maximum Gasteiger partial charge on any atom is 0.249 e. The first kappa shape index (κ1) is 18.9. The van der Waals surface area contributed by atoms with Crippen LogP contribution in [0.2, 0.25) is 0 Å². The summed E-state index contributed by atoms with van der Waals surface area (Å²) in [6, 6.07) is 10.8. The van der Waals surface area contributed by atoms with E-state index in [0.717, 1.165) is 18.9 Å². The van der Waals surface area contributed by atoms with Crippen LogP contribution in [0.15, 0.2) is 53.7 Å². The van der Waals surface area contributed by atoms with Crippen LogP contribution in [0.1, 0.15) is 6.42 Å². The van der Waals surface area contributed by atoms with Crippen molar-refractivity contribution in [2.45, 2.75) is 12.5 Å². The summed E-state index contributed by atoms with van der Waals surface area (Å²) >= 11 is 0. The lowest BCUT2D eigenvalue weighted by Crippen LogP contribution is -2.56. The van der Waals surface area contributed by atoms with Crippen LogP contribution in [0.3, 0.4) is 0 Å². The van der Waals surface area contributed by atoms with E-state index in [-0.39, 0.29) is 18.0 Å². The highest BCUT2D eigenvalue weighted by molar-refractivity contribution is 6.06. The van der Waals surface area contributed by atoms with Crippen LogP contribution in [0.5, 0.6) is 0 Å². The molecular formula is C20H21FN6O2. The number of carbonyl (C=O) groups is 2. The minimum atomic E-state index is -0.896. The molecule has 2 amide bonds. The SMILES string of the molecule is O=C1C[C@@H](C(=O)Nc2ccccc2F)N=C(N2CCN(c3ccccn3)CC2)N1. The fraction of sp³-hybridized carbons (Fsp3) is 0.300. The second-order valence-electron chi connectivity index (χ2n) is 6.85. The van der Waals surface area contributed by atoms with Gasteiger partial charge in [-0.1, -0.05) is 18.2 Å². The number of benzene rings is 1. The van der Waals surface area contributed by atoms with E-state index in [4.69, 9.17) is 0 Å². The molecule has 2 aliphatic heterocycles. The van der Waals surface area contributed by atoms with Gasteiger partial charge < -0.3 is 15.1 Å². The smallest absolute Gasteiger partial charge is 0.249 e. The van der Waals surface area contributed by atoms with Gasteiger partial charge in [0.1, 0.15) is 17.7 Å². The molecule has 2 aliphatic rings. The molecule has 0 unspecified atom stereocenters. The lowest BCUT2D eigenvalue weighted by Gasteiger charge is -2.38. The summed E-state index contributed by atoms with van der Waals surface area (Å²) < 4.78 is 13.8. The van der Waals surface area contributed by atoms with Crippen molar-refractivity contribution in [2.24, 2.45) is 4.99 Å². The predicted octanol–water partition coefficient (Wildman–Crippen LogP) is 1.23. The van der Waals surface area contributed by atoms with Gasteiger partial charge in [-0.3, -0.25) is 14.9 Å². The van der Waals surface area contributed by atoms with Crippen molar-refractivity contribution < 1.29 is 14.0 Å². The predicted molar refractivity (Wildman–Crippen MR) is 107 cm³/mol. The fourth-order valence-corrected chi connectivity index (χ4v) is 3.36. The molecule has 0 saturated carbocycles. The van der Waals surface area contributed by atoms with Crippen LogP contribution < -0.4 is 15.5 Å². The van der Waals surface area contributed by atoms with Crippen molar-refractivity contribution in [3.63, 3.8) is 0 Å². The third-order valence-electron chi connectivity index (χ3n) is 4.89. The molecule has 9 heteroatoms. The topological polar surface area (TPSA) is 89.9 Å². The van der Waals surface area contributed by atoms with Gasteiger partial charge in [0.2, 0.25) is 17.8 Å². The zero-order valence-electron chi connectivity index (χ0n) is 15.7. The number of nitrogens with one attached hydrogen (secondary N) is 2. The average molecular weight is 396 g/mol. The second kappa shape index (κ2) is 8.26. The highest BCUT2D eigenvalue weighted by atomic mass is 19.1. The van der Waals surface area contributed by atoms with Crippen LogP contribution in [0.4, 0.5) is 15.9 Å². The van der Waals surface area contributed by atoms with Crippen molar-refractivity contribution in [1.29, 1.82) is 0 Å². The molecule has 2 N–H and O–H groups in total. The van der Waals surface area contributed by atoms with Gasteiger partial charge in [0.15, 0.2) is 0 Å². The number of pyridine rings is 1. The first-order valence-electron chi connectivity index (χ1n) is 9.44. The molecule has 0 spiro atoms. The Morgan fingerprint density at radius 3 is 2.52 bits per heavy atom. The van der Waals surface area contributed by atoms with E-state index >= 15 is 0 Å². The van der Waals surface area contributed by atoms with E-state index in [2.05, 4.69) is 25.5 Å². The summed E-state index contributed by atoms with van der Waals surface area (Å²) in [5.41, 5.74) is 0.0733. The van der Waals surface area contributed by atoms with Gasteiger partial charge >= 0.3 is 0 Å². The number of rotatable bonds is 3. The Morgan fingerprint density at radius 1 is 1.07 bits per heavy atom. The Bertz CT molecular complexity index is 928. The summed E-state index contributed by atoms with van der Waals surface area (Å²) in [7, 11) is 0. The first-order valence-corrected chi connectivity index (χ1v) is 9.44. The minimum Gasteiger partial charge on any atom is -0.353 e. The number of aliphatic imine (C=N–C) groups is 1. The third kappa shape index (κ3) is 4.34. The lowest BCUT2D eigenvalue weighted by molar-refractivity contribution is -0.125. The standard InChI is InChI=1S/C20H21FN6O2/c21-14-5-1-2-6-15(14)23-19(29)16-13-18(28)25-20(24-16)27-11-9-26(10-12-27)17-7-3-4-8-22-17/h1-8,16H,9-13H2,(H,23,29)(H,24,25,28)/t16-/m0/s1. The average Bonchev–Trinajstić information content (AvgIpc) is 2.75. The normalized spacial score (nSPS) is 19.4. The number of hydrogen-bond acceptors (Lipinski definition) is 6. The number of halogens is 1. The van der Waals surface area contributed by atoms with E-state index < -0.39 is 17.8 Å². The zero-order valence-corrected chi connectivity index (χ0v) is 15.7. The summed E-state index contributed by atoms with van der Waals surface area (Å²) in [6.45, 7) is 2.71. The molecule has 1 atom stereocenters. The molecule has 150 valence electrons. The van der Waals surface area contributed by atoms with E-state index in [1.165, 1.54) is 12.1 Å². The Hall–Kier alpha value is -3.49. The number of hydrogen-bond donors (Lipinski definition) is 2. The second-order valence-corrected chi connectivity index (χ2v) is 6.85. The largest absolute Gasteiger partial charge is 0.353 e. The van der Waals surface area contributed by atoms with Crippen LogP contribution in [0, 0.1) is 5.82 Å². The highest BCUT2D eigenvalue weighted by Crippen LogP contribution is 2.17. The van der Waals surface area contributed by atoms with Crippen molar-refractivity contribution in [2.75, 3.05) is 36.4 Å². The Balaban J connectivity index is 1.42. The van der Waals surface area contributed by atoms with Crippen molar-refractivity contribution in [1.82, 2.24) is 15.2 Å². The van der Waals surface area contributed by atoms with Gasteiger partial charge in [0.25, 0.3) is 0 Å². The van der Waals surface area contributed by atoms with Gasteiger partial charge in [0.05, 0.1) is 12.1 Å². The number of nitrogens with zero attached hydrogens (tertiary/aromatic N) is 4. The van der Waals surface area contributed by atoms with Crippen molar-refractivity contribution in [3.05, 3.63) is 54.5 Å². The number of anilines is 2. The van der Waals surface area contributed by atoms with Gasteiger partial charge in [-0.05, 0) is 24.3 Å². The van der Waals surface area contributed by atoms with Crippen LogP contribution in [0.25, 0.3) is 0 Å². The molecule has 29 heavy (non-hydrogen) atoms. The molecule has 3 heterocycles. The monoisotopic (exact) mass is 396 g/mol. The quantitative estimate of drug-likeness (QED) is 0.815. The van der Waals surface area contributed by atoms with Crippen LogP contribution >= 0.6 is 0 Å².